The first kappa shape index (κ1) is 23.5. The number of rotatable bonds is 8. The first-order chi connectivity index (χ1) is 15.2. The second-order valence-corrected chi connectivity index (χ2v) is 7.55. The Morgan fingerprint density at radius 2 is 1.72 bits per heavy atom. The number of imide groups is 1. The normalized spacial score (nSPS) is 15.4. The molecular formula is C22H21F3N2O4S. The molecule has 2 amide bonds. The number of halogens is 3. The molecule has 1 saturated heterocycles. The van der Waals surface area contributed by atoms with Crippen molar-refractivity contribution >= 4 is 34.7 Å². The number of anilines is 1. The summed E-state index contributed by atoms with van der Waals surface area (Å²) >= 11 is 0.719. The molecule has 0 spiro atoms. The summed E-state index contributed by atoms with van der Waals surface area (Å²) in [7, 11) is 0. The number of nitrogens with zero attached hydrogens (tertiary/aromatic N) is 1. The van der Waals surface area contributed by atoms with Crippen molar-refractivity contribution in [2.45, 2.75) is 20.0 Å². The fourth-order valence-electron chi connectivity index (χ4n) is 2.99. The van der Waals surface area contributed by atoms with E-state index in [0.717, 1.165) is 22.7 Å². The number of alkyl halides is 3. The summed E-state index contributed by atoms with van der Waals surface area (Å²) in [5.41, 5.74) is -0.464. The van der Waals surface area contributed by atoms with E-state index >= 15 is 0 Å². The van der Waals surface area contributed by atoms with Gasteiger partial charge in [0.15, 0.2) is 11.5 Å². The highest BCUT2D eigenvalue weighted by Gasteiger charge is 2.36. The topological polar surface area (TPSA) is 67.9 Å². The highest BCUT2D eigenvalue weighted by molar-refractivity contribution is 8.18. The van der Waals surface area contributed by atoms with Crippen molar-refractivity contribution < 1.29 is 32.2 Å². The zero-order valence-electron chi connectivity index (χ0n) is 17.4. The second kappa shape index (κ2) is 9.99. The van der Waals surface area contributed by atoms with Gasteiger partial charge in [0.2, 0.25) is 0 Å². The van der Waals surface area contributed by atoms with E-state index in [9.17, 15) is 22.8 Å². The molecule has 1 fully saturated rings. The molecule has 0 bridgehead atoms. The van der Waals surface area contributed by atoms with E-state index in [4.69, 9.17) is 9.47 Å². The minimum absolute atomic E-state index is 0.160. The third-order valence-electron chi connectivity index (χ3n) is 4.40. The molecule has 1 N–H and O–H groups in total. The Labute approximate surface area is 187 Å². The fourth-order valence-corrected chi connectivity index (χ4v) is 3.83. The number of para-hydroxylation sites is 1. The summed E-state index contributed by atoms with van der Waals surface area (Å²) in [6.07, 6.45) is -3.03. The molecule has 2 aromatic rings. The average molecular weight is 466 g/mol. The molecule has 0 aliphatic carbocycles. The molecule has 0 saturated carbocycles. The van der Waals surface area contributed by atoms with Gasteiger partial charge in [0.1, 0.15) is 0 Å². The van der Waals surface area contributed by atoms with E-state index < -0.39 is 22.9 Å². The second-order valence-electron chi connectivity index (χ2n) is 6.56. The molecule has 1 heterocycles. The van der Waals surface area contributed by atoms with Crippen molar-refractivity contribution in [1.82, 2.24) is 4.90 Å². The van der Waals surface area contributed by atoms with Gasteiger partial charge in [-0.1, -0.05) is 18.2 Å². The summed E-state index contributed by atoms with van der Waals surface area (Å²) in [6, 6.07) is 10.0. The lowest BCUT2D eigenvalue weighted by Gasteiger charge is -2.18. The predicted octanol–water partition coefficient (Wildman–Crippen LogP) is 5.61. The van der Waals surface area contributed by atoms with E-state index in [2.05, 4.69) is 5.32 Å². The minimum Gasteiger partial charge on any atom is -0.490 e. The zero-order chi connectivity index (χ0) is 23.3. The molecule has 0 radical (unpaired) electrons. The van der Waals surface area contributed by atoms with Crippen LogP contribution in [0.15, 0.2) is 47.4 Å². The highest BCUT2D eigenvalue weighted by Crippen LogP contribution is 2.36. The quantitative estimate of drug-likeness (QED) is 0.510. The van der Waals surface area contributed by atoms with Crippen LogP contribution in [0, 0.1) is 0 Å². The molecule has 32 heavy (non-hydrogen) atoms. The molecular weight excluding hydrogens is 445 g/mol. The maximum Gasteiger partial charge on any atom is 0.418 e. The SMILES string of the molecule is CCOc1ccc(/C=C2\SC(=O)N(CNc3ccccc3C(F)(F)F)C2=O)cc1OCC. The van der Waals surface area contributed by atoms with Crippen LogP contribution in [0.3, 0.4) is 0 Å². The van der Waals surface area contributed by atoms with Crippen molar-refractivity contribution in [2.75, 3.05) is 25.2 Å². The lowest BCUT2D eigenvalue weighted by atomic mass is 10.1. The molecule has 2 aromatic carbocycles. The number of benzene rings is 2. The molecule has 10 heteroatoms. The van der Waals surface area contributed by atoms with Crippen LogP contribution in [0.25, 0.3) is 6.08 Å². The lowest BCUT2D eigenvalue weighted by Crippen LogP contribution is -2.33. The van der Waals surface area contributed by atoms with Gasteiger partial charge in [0, 0.05) is 5.69 Å². The number of carbonyl (C=O) groups is 2. The highest BCUT2D eigenvalue weighted by atomic mass is 32.2. The third-order valence-corrected chi connectivity index (χ3v) is 5.31. The smallest absolute Gasteiger partial charge is 0.418 e. The van der Waals surface area contributed by atoms with E-state index in [1.165, 1.54) is 24.3 Å². The van der Waals surface area contributed by atoms with E-state index in [1.807, 2.05) is 13.8 Å². The number of carbonyl (C=O) groups excluding carboxylic acids is 2. The van der Waals surface area contributed by atoms with Crippen molar-refractivity contribution in [3.63, 3.8) is 0 Å². The van der Waals surface area contributed by atoms with Gasteiger partial charge in [-0.2, -0.15) is 13.2 Å². The molecule has 1 aliphatic rings. The third kappa shape index (κ3) is 5.37. The van der Waals surface area contributed by atoms with Crippen molar-refractivity contribution in [1.29, 1.82) is 0 Å². The van der Waals surface area contributed by atoms with Gasteiger partial charge in [0.05, 0.1) is 30.4 Å². The number of amides is 2. The van der Waals surface area contributed by atoms with Gasteiger partial charge in [-0.3, -0.25) is 14.5 Å². The summed E-state index contributed by atoms with van der Waals surface area (Å²) in [4.78, 5) is 26.0. The first-order valence-corrected chi connectivity index (χ1v) is 10.6. The van der Waals surface area contributed by atoms with Gasteiger partial charge in [-0.25, -0.2) is 0 Å². The van der Waals surface area contributed by atoms with Crippen LogP contribution < -0.4 is 14.8 Å². The Morgan fingerprint density at radius 1 is 1.03 bits per heavy atom. The van der Waals surface area contributed by atoms with Gasteiger partial charge in [0.25, 0.3) is 11.1 Å². The maximum atomic E-state index is 13.2. The standard InChI is InChI=1S/C22H21F3N2O4S/c1-3-30-17-10-9-14(11-18(17)31-4-2)12-19-20(28)27(21(29)32-19)13-26-16-8-6-5-7-15(16)22(23,24)25/h5-12,26H,3-4,13H2,1-2H3/b19-12-. The van der Waals surface area contributed by atoms with Crippen molar-refractivity contribution in [2.24, 2.45) is 0 Å². The largest absolute Gasteiger partial charge is 0.490 e. The summed E-state index contributed by atoms with van der Waals surface area (Å²) < 4.78 is 50.5. The predicted molar refractivity (Wildman–Crippen MR) is 117 cm³/mol. The fraction of sp³-hybridized carbons (Fsp3) is 0.273. The van der Waals surface area contributed by atoms with Crippen LogP contribution in [0.5, 0.6) is 11.5 Å². The number of thioether (sulfide) groups is 1. The van der Waals surface area contributed by atoms with Crippen LogP contribution in [0.4, 0.5) is 23.7 Å². The van der Waals surface area contributed by atoms with Crippen molar-refractivity contribution in [3.05, 3.63) is 58.5 Å². The Bertz CT molecular complexity index is 1040. The Morgan fingerprint density at radius 3 is 2.41 bits per heavy atom. The van der Waals surface area contributed by atoms with Crippen LogP contribution in [-0.2, 0) is 11.0 Å². The summed E-state index contributed by atoms with van der Waals surface area (Å²) in [5, 5.41) is 1.97. The zero-order valence-corrected chi connectivity index (χ0v) is 18.2. The Balaban J connectivity index is 1.77. The van der Waals surface area contributed by atoms with Crippen LogP contribution in [0.2, 0.25) is 0 Å². The molecule has 0 aromatic heterocycles. The van der Waals surface area contributed by atoms with E-state index in [0.29, 0.717) is 30.3 Å². The first-order valence-electron chi connectivity index (χ1n) is 9.79. The van der Waals surface area contributed by atoms with Crippen LogP contribution in [-0.4, -0.2) is 35.9 Å². The summed E-state index contributed by atoms with van der Waals surface area (Å²) in [5.74, 6) is 0.476. The van der Waals surface area contributed by atoms with Gasteiger partial charge in [-0.15, -0.1) is 0 Å². The Hall–Kier alpha value is -3.14. The minimum atomic E-state index is -4.56. The number of hydrogen-bond donors (Lipinski definition) is 1. The maximum absolute atomic E-state index is 13.2. The van der Waals surface area contributed by atoms with Crippen molar-refractivity contribution in [3.8, 4) is 11.5 Å². The monoisotopic (exact) mass is 466 g/mol. The van der Waals surface area contributed by atoms with Gasteiger partial charge >= 0.3 is 6.18 Å². The average Bonchev–Trinajstić information content (AvgIpc) is 3.01. The number of nitrogens with one attached hydrogen (secondary N) is 1. The molecule has 170 valence electrons. The Kier molecular flexibility index (Phi) is 7.34. The van der Waals surface area contributed by atoms with Crippen LogP contribution >= 0.6 is 11.8 Å². The van der Waals surface area contributed by atoms with Gasteiger partial charge in [-0.05, 0) is 61.5 Å². The van der Waals surface area contributed by atoms with Gasteiger partial charge < -0.3 is 14.8 Å². The molecule has 3 rings (SSSR count). The lowest BCUT2D eigenvalue weighted by molar-refractivity contribution is -0.137. The molecule has 0 atom stereocenters. The molecule has 6 nitrogen and oxygen atoms in total. The van der Waals surface area contributed by atoms with E-state index in [-0.39, 0.29) is 17.3 Å². The van der Waals surface area contributed by atoms with E-state index in [1.54, 1.807) is 18.2 Å². The summed E-state index contributed by atoms with van der Waals surface area (Å²) in [6.45, 7) is 4.18. The molecule has 1 aliphatic heterocycles. The van der Waals surface area contributed by atoms with Crippen LogP contribution in [0.1, 0.15) is 25.0 Å². The number of hydrogen-bond acceptors (Lipinski definition) is 6. The molecule has 0 unspecified atom stereocenters. The number of ether oxygens (including phenoxy) is 2.